The van der Waals surface area contributed by atoms with E-state index < -0.39 is 65.0 Å². The van der Waals surface area contributed by atoms with Crippen LogP contribution in [0.25, 0.3) is 0 Å². The Morgan fingerprint density at radius 2 is 1.06 bits per heavy atom. The average molecular weight is 562 g/mol. The second-order valence-corrected chi connectivity index (χ2v) is 12.9. The zero-order valence-electron chi connectivity index (χ0n) is 21.4. The first-order valence-electron chi connectivity index (χ1n) is 12.2. The summed E-state index contributed by atoms with van der Waals surface area (Å²) in [6, 6.07) is 0. The average Bonchev–Trinajstić information content (AvgIpc) is 3.33. The van der Waals surface area contributed by atoms with Crippen LogP contribution in [0.1, 0.15) is 41.5 Å². The van der Waals surface area contributed by atoms with E-state index in [0.29, 0.717) is 0 Å². The van der Waals surface area contributed by atoms with Gasteiger partial charge in [0.05, 0.1) is 44.2 Å². The second kappa shape index (κ2) is 12.0. The minimum Gasteiger partial charge on any atom is -0.394 e. The molecule has 0 spiro atoms. The van der Waals surface area contributed by atoms with E-state index in [-0.39, 0.29) is 43.2 Å². The van der Waals surface area contributed by atoms with Crippen molar-refractivity contribution in [1.29, 1.82) is 0 Å². The third-order valence-corrected chi connectivity index (χ3v) is 9.54. The van der Waals surface area contributed by atoms with Crippen LogP contribution in [-0.2, 0) is 41.4 Å². The van der Waals surface area contributed by atoms with Crippen LogP contribution in [0, 0.1) is 17.8 Å². The number of phosphoric acid groups is 2. The minimum absolute atomic E-state index is 0.158. The van der Waals surface area contributed by atoms with E-state index in [1.54, 1.807) is 34.6 Å². The van der Waals surface area contributed by atoms with Crippen LogP contribution in [0.15, 0.2) is 0 Å². The Morgan fingerprint density at radius 3 is 1.50 bits per heavy atom. The summed E-state index contributed by atoms with van der Waals surface area (Å²) >= 11 is 0. The number of aliphatic hydroxyl groups is 2. The minimum atomic E-state index is -4.61. The van der Waals surface area contributed by atoms with Gasteiger partial charge in [-0.1, -0.05) is 20.8 Å². The van der Waals surface area contributed by atoms with Gasteiger partial charge in [-0.3, -0.25) is 18.1 Å². The molecule has 0 bridgehead atoms. The lowest BCUT2D eigenvalue weighted by Gasteiger charge is -2.26. The van der Waals surface area contributed by atoms with E-state index in [0.717, 1.165) is 0 Å². The molecule has 212 valence electrons. The molecule has 0 aromatic rings. The van der Waals surface area contributed by atoms with Crippen LogP contribution in [0.4, 0.5) is 0 Å². The Hall–Kier alpha value is 0.0200. The molecular formula is C21H40O13P2. The van der Waals surface area contributed by atoms with Crippen molar-refractivity contribution in [1.82, 2.24) is 0 Å². The SMILES string of the molecule is CC1[C@H](C)O[C@H](COP(=O)(O)O[C@@H]2C(C)[C@H](C)O[C@@H]2COP(=O)(O)O[C@@H]2C(C)[C@H](C)O[C@@H]2CO)[C@@H]1O. The van der Waals surface area contributed by atoms with E-state index >= 15 is 0 Å². The highest BCUT2D eigenvalue weighted by Gasteiger charge is 2.48. The molecule has 3 aliphatic heterocycles. The van der Waals surface area contributed by atoms with Gasteiger partial charge < -0.3 is 34.2 Å². The van der Waals surface area contributed by atoms with Gasteiger partial charge in [-0.15, -0.1) is 0 Å². The lowest BCUT2D eigenvalue weighted by atomic mass is 10.00. The Balaban J connectivity index is 1.57. The highest BCUT2D eigenvalue weighted by molar-refractivity contribution is 7.47. The van der Waals surface area contributed by atoms with E-state index in [9.17, 15) is 29.1 Å². The van der Waals surface area contributed by atoms with Gasteiger partial charge in [0, 0.05) is 17.8 Å². The van der Waals surface area contributed by atoms with Crippen molar-refractivity contribution in [2.45, 2.75) is 96.5 Å². The van der Waals surface area contributed by atoms with Gasteiger partial charge in [-0.05, 0) is 20.8 Å². The first-order chi connectivity index (χ1) is 16.7. The molecule has 0 amide bonds. The van der Waals surface area contributed by atoms with Gasteiger partial charge in [0.15, 0.2) is 0 Å². The highest BCUT2D eigenvalue weighted by atomic mass is 31.2. The van der Waals surface area contributed by atoms with Crippen LogP contribution in [0.2, 0.25) is 0 Å². The number of aliphatic hydroxyl groups excluding tert-OH is 2. The molecule has 0 aromatic heterocycles. The van der Waals surface area contributed by atoms with Crippen LogP contribution in [-0.4, -0.2) is 94.8 Å². The maximum atomic E-state index is 12.7. The van der Waals surface area contributed by atoms with E-state index in [1.807, 2.05) is 6.92 Å². The third-order valence-electron chi connectivity index (χ3n) is 7.57. The molecule has 3 fully saturated rings. The predicted molar refractivity (Wildman–Crippen MR) is 125 cm³/mol. The van der Waals surface area contributed by atoms with Crippen molar-refractivity contribution < 1.29 is 61.4 Å². The normalized spacial score (nSPS) is 46.6. The maximum absolute atomic E-state index is 12.7. The Bertz CT molecular complexity index is 830. The van der Waals surface area contributed by atoms with Crippen molar-refractivity contribution in [3.8, 4) is 0 Å². The van der Waals surface area contributed by atoms with Crippen molar-refractivity contribution in [2.24, 2.45) is 17.8 Å². The third kappa shape index (κ3) is 7.15. The molecule has 5 unspecified atom stereocenters. The summed E-state index contributed by atoms with van der Waals surface area (Å²) in [7, 11) is -9.22. The maximum Gasteiger partial charge on any atom is 0.472 e. The molecule has 3 heterocycles. The van der Waals surface area contributed by atoms with E-state index in [2.05, 4.69) is 0 Å². The van der Waals surface area contributed by atoms with Gasteiger partial charge in [0.25, 0.3) is 0 Å². The van der Waals surface area contributed by atoms with Crippen molar-refractivity contribution in [2.75, 3.05) is 19.8 Å². The summed E-state index contributed by atoms with van der Waals surface area (Å²) in [5.74, 6) is -0.803. The van der Waals surface area contributed by atoms with Crippen molar-refractivity contribution in [3.05, 3.63) is 0 Å². The van der Waals surface area contributed by atoms with Crippen LogP contribution in [0.5, 0.6) is 0 Å². The lowest BCUT2D eigenvalue weighted by Crippen LogP contribution is -2.34. The Morgan fingerprint density at radius 1 is 0.667 bits per heavy atom. The molecule has 36 heavy (non-hydrogen) atoms. The first-order valence-corrected chi connectivity index (χ1v) is 15.2. The molecule has 3 aliphatic rings. The number of hydrogen-bond acceptors (Lipinski definition) is 11. The molecule has 0 aliphatic carbocycles. The largest absolute Gasteiger partial charge is 0.472 e. The second-order valence-electron chi connectivity index (χ2n) is 10.1. The van der Waals surface area contributed by atoms with Crippen molar-refractivity contribution in [3.63, 3.8) is 0 Å². The first kappa shape index (κ1) is 30.6. The number of hydrogen-bond donors (Lipinski definition) is 4. The zero-order valence-corrected chi connectivity index (χ0v) is 23.2. The smallest absolute Gasteiger partial charge is 0.394 e. The lowest BCUT2D eigenvalue weighted by molar-refractivity contribution is -0.0416. The predicted octanol–water partition coefficient (Wildman–Crippen LogP) is 1.61. The molecule has 3 rings (SSSR count). The zero-order chi connectivity index (χ0) is 27.0. The van der Waals surface area contributed by atoms with Gasteiger partial charge in [-0.2, -0.15) is 0 Å². The number of ether oxygens (including phenoxy) is 3. The monoisotopic (exact) mass is 562 g/mol. The Kier molecular flexibility index (Phi) is 10.2. The molecule has 13 nitrogen and oxygen atoms in total. The van der Waals surface area contributed by atoms with Crippen LogP contribution < -0.4 is 0 Å². The quantitative estimate of drug-likeness (QED) is 0.267. The summed E-state index contributed by atoms with van der Waals surface area (Å²) in [5.41, 5.74) is 0. The fourth-order valence-electron chi connectivity index (χ4n) is 4.71. The van der Waals surface area contributed by atoms with Crippen molar-refractivity contribution >= 4 is 15.6 Å². The molecule has 14 atom stereocenters. The summed E-state index contributed by atoms with van der Waals surface area (Å²) in [6.07, 6.45) is -6.16. The molecule has 4 N–H and O–H groups in total. The van der Waals surface area contributed by atoms with Gasteiger partial charge in [0.1, 0.15) is 30.5 Å². The van der Waals surface area contributed by atoms with Gasteiger partial charge in [0.2, 0.25) is 0 Å². The molecule has 3 saturated heterocycles. The molecule has 15 heteroatoms. The van der Waals surface area contributed by atoms with Gasteiger partial charge >= 0.3 is 15.6 Å². The summed E-state index contributed by atoms with van der Waals surface area (Å²) in [4.78, 5) is 20.6. The number of rotatable bonds is 11. The fraction of sp³-hybridized carbons (Fsp3) is 1.00. The molecule has 0 saturated carbocycles. The van der Waals surface area contributed by atoms with E-state index in [4.69, 9.17) is 32.3 Å². The molecule has 0 aromatic carbocycles. The summed E-state index contributed by atoms with van der Waals surface area (Å²) in [5, 5.41) is 19.7. The Labute approximate surface area is 211 Å². The van der Waals surface area contributed by atoms with Crippen LogP contribution in [0.3, 0.4) is 0 Å². The summed E-state index contributed by atoms with van der Waals surface area (Å²) < 4.78 is 63.1. The fourth-order valence-corrected chi connectivity index (χ4v) is 6.78. The number of phosphoric ester groups is 2. The van der Waals surface area contributed by atoms with Crippen LogP contribution >= 0.6 is 15.6 Å². The molecular weight excluding hydrogens is 522 g/mol. The highest BCUT2D eigenvalue weighted by Crippen LogP contribution is 2.51. The van der Waals surface area contributed by atoms with Gasteiger partial charge in [-0.25, -0.2) is 9.13 Å². The summed E-state index contributed by atoms with van der Waals surface area (Å²) in [6.45, 7) is 9.41. The van der Waals surface area contributed by atoms with E-state index in [1.165, 1.54) is 0 Å². The topological polar surface area (TPSA) is 180 Å². The molecule has 0 radical (unpaired) electrons. The standard InChI is InChI=1S/C21H40O13P2/c1-10-13(4)31-17(19(10)23)8-28-35(24,25)34-21-12(3)15(6)32-18(21)9-29-36(26,27)33-20-11(2)14(5)30-16(20)7-22/h10-23H,7-9H2,1-6H3,(H,24,25)(H,26,27)/t10?,11?,12?,13-,14-,15-,16+,17+,18+,19+,20+,21+/m0/s1.